The number of fused-ring (bicyclic) bond motifs is 10. The second-order valence-corrected chi connectivity index (χ2v) is 11.7. The predicted molar refractivity (Wildman–Crippen MR) is 153 cm³/mol. The number of alkyl halides is 12. The molecule has 48 heavy (non-hydrogen) atoms. The summed E-state index contributed by atoms with van der Waals surface area (Å²) in [6.45, 7) is 5.48. The van der Waals surface area contributed by atoms with Gasteiger partial charge in [0.2, 0.25) is 0 Å². The molecule has 0 aromatic carbocycles. The SMILES string of the molecule is CCc1c2[nH]c(c1C(F)(F)F)-c1[nH]c(c(CC)c1C(F)(F)F)CCc1[nH]c(c(C(F)(F)F)c1CC)-c1[nH]c(c(CC)c1C(F)(F)F)CC2. The average molecular weight is 701 g/mol. The van der Waals surface area contributed by atoms with E-state index in [0.29, 0.717) is 0 Å². The molecule has 16 heteroatoms. The Balaban J connectivity index is 1.90. The van der Waals surface area contributed by atoms with Crippen molar-refractivity contribution in [2.45, 2.75) is 104 Å². The fraction of sp³-hybridized carbons (Fsp3) is 0.500. The van der Waals surface area contributed by atoms with Gasteiger partial charge in [0, 0.05) is 22.8 Å². The molecule has 4 aromatic rings. The summed E-state index contributed by atoms with van der Waals surface area (Å²) in [6, 6.07) is 0. The van der Waals surface area contributed by atoms with Crippen LogP contribution in [-0.4, -0.2) is 19.9 Å². The molecule has 0 saturated heterocycles. The minimum absolute atomic E-state index is 0.146. The largest absolute Gasteiger partial charge is 0.418 e. The first-order chi connectivity index (χ1) is 22.2. The van der Waals surface area contributed by atoms with Crippen molar-refractivity contribution in [2.24, 2.45) is 0 Å². The van der Waals surface area contributed by atoms with Crippen molar-refractivity contribution in [1.29, 1.82) is 0 Å². The summed E-state index contributed by atoms with van der Waals surface area (Å²) >= 11 is 0. The first-order valence-corrected chi connectivity index (χ1v) is 15.4. The van der Waals surface area contributed by atoms with E-state index in [9.17, 15) is 52.7 Å². The van der Waals surface area contributed by atoms with Crippen molar-refractivity contribution in [3.63, 3.8) is 0 Å². The lowest BCUT2D eigenvalue weighted by molar-refractivity contribution is -0.140. The zero-order valence-corrected chi connectivity index (χ0v) is 26.2. The van der Waals surface area contributed by atoms with Crippen LogP contribution < -0.4 is 0 Å². The number of H-pyrrole nitrogens is 4. The third kappa shape index (κ3) is 5.92. The minimum atomic E-state index is -5.11. The number of hydrogen-bond acceptors (Lipinski definition) is 0. The molecule has 1 aliphatic heterocycles. The van der Waals surface area contributed by atoms with Crippen molar-refractivity contribution < 1.29 is 52.7 Å². The smallest absolute Gasteiger partial charge is 0.356 e. The topological polar surface area (TPSA) is 63.2 Å². The van der Waals surface area contributed by atoms with Crippen molar-refractivity contribution in [3.8, 4) is 22.8 Å². The number of aromatic amines is 4. The molecule has 0 radical (unpaired) electrons. The van der Waals surface area contributed by atoms with Gasteiger partial charge in [-0.3, -0.25) is 0 Å². The maximum Gasteiger partial charge on any atom is 0.418 e. The van der Waals surface area contributed by atoms with Crippen molar-refractivity contribution in [3.05, 3.63) is 67.3 Å². The third-order valence-corrected chi connectivity index (χ3v) is 9.07. The van der Waals surface area contributed by atoms with Crippen LogP contribution in [0.1, 0.15) is 95.0 Å². The Bertz CT molecular complexity index is 1550. The van der Waals surface area contributed by atoms with E-state index in [1.165, 1.54) is 27.7 Å². The van der Waals surface area contributed by atoms with E-state index in [1.54, 1.807) is 0 Å². The molecule has 0 aliphatic carbocycles. The van der Waals surface area contributed by atoms with Crippen molar-refractivity contribution in [2.75, 3.05) is 0 Å². The van der Waals surface area contributed by atoms with E-state index in [0.717, 1.165) is 0 Å². The lowest BCUT2D eigenvalue weighted by atomic mass is 9.96. The van der Waals surface area contributed by atoms with Crippen LogP contribution in [0.25, 0.3) is 22.8 Å². The fourth-order valence-corrected chi connectivity index (χ4v) is 7.28. The Labute approximate surface area is 266 Å². The van der Waals surface area contributed by atoms with Gasteiger partial charge in [-0.1, -0.05) is 27.7 Å². The molecule has 1 aliphatic rings. The number of nitrogens with one attached hydrogen (secondary N) is 4. The van der Waals surface area contributed by atoms with Gasteiger partial charge in [0.15, 0.2) is 0 Å². The molecule has 0 unspecified atom stereocenters. The normalized spacial score (nSPS) is 14.7. The summed E-state index contributed by atoms with van der Waals surface area (Å²) in [5.41, 5.74) is -10.7. The zero-order chi connectivity index (χ0) is 35.7. The Kier molecular flexibility index (Phi) is 8.90. The van der Waals surface area contributed by atoms with Gasteiger partial charge in [-0.2, -0.15) is 52.7 Å². The third-order valence-electron chi connectivity index (χ3n) is 9.07. The van der Waals surface area contributed by atoms with Crippen LogP contribution in [0.5, 0.6) is 0 Å². The number of halogens is 12. The fourth-order valence-electron chi connectivity index (χ4n) is 7.28. The molecule has 0 fully saturated rings. The van der Waals surface area contributed by atoms with Crippen LogP contribution in [0.3, 0.4) is 0 Å². The van der Waals surface area contributed by atoms with E-state index >= 15 is 0 Å². The second-order valence-electron chi connectivity index (χ2n) is 11.7. The molecule has 5 heterocycles. The second kappa shape index (κ2) is 12.0. The Morgan fingerprint density at radius 1 is 0.354 bits per heavy atom. The number of aromatic nitrogens is 4. The van der Waals surface area contributed by atoms with Gasteiger partial charge in [0.25, 0.3) is 0 Å². The van der Waals surface area contributed by atoms with Gasteiger partial charge >= 0.3 is 24.7 Å². The molecule has 4 N–H and O–H groups in total. The average Bonchev–Trinajstić information content (AvgIpc) is 3.71. The van der Waals surface area contributed by atoms with Crippen LogP contribution in [0.15, 0.2) is 0 Å². The molecule has 4 nitrogen and oxygen atoms in total. The highest BCUT2D eigenvalue weighted by atomic mass is 19.4. The van der Waals surface area contributed by atoms with E-state index in [2.05, 4.69) is 19.9 Å². The highest BCUT2D eigenvalue weighted by Crippen LogP contribution is 2.49. The van der Waals surface area contributed by atoms with Crippen LogP contribution in [0.4, 0.5) is 52.7 Å². The lowest BCUT2D eigenvalue weighted by Gasteiger charge is -2.14. The molecular formula is C32H32F12N4. The van der Waals surface area contributed by atoms with Crippen LogP contribution >= 0.6 is 0 Å². The van der Waals surface area contributed by atoms with Crippen molar-refractivity contribution >= 4 is 0 Å². The minimum Gasteiger partial charge on any atom is -0.356 e. The number of hydrogen-bond donors (Lipinski definition) is 4. The van der Waals surface area contributed by atoms with E-state index in [-0.39, 0.29) is 96.4 Å². The summed E-state index contributed by atoms with van der Waals surface area (Å²) in [5, 5.41) is 0. The maximum atomic E-state index is 14.7. The summed E-state index contributed by atoms with van der Waals surface area (Å²) in [6.07, 6.45) is -23.1. The zero-order valence-electron chi connectivity index (χ0n) is 26.2. The molecule has 264 valence electrons. The maximum absolute atomic E-state index is 14.7. The Morgan fingerprint density at radius 3 is 0.646 bits per heavy atom. The monoisotopic (exact) mass is 700 g/mol. The number of aryl methyl sites for hydroxylation is 4. The molecule has 0 saturated carbocycles. The summed E-state index contributed by atoms with van der Waals surface area (Å²) in [5.74, 6) is 0. The molecule has 0 amide bonds. The van der Waals surface area contributed by atoms with Gasteiger partial charge in [0.05, 0.1) is 45.0 Å². The lowest BCUT2D eigenvalue weighted by Crippen LogP contribution is -2.12. The van der Waals surface area contributed by atoms with Crippen LogP contribution in [0.2, 0.25) is 0 Å². The number of rotatable bonds is 4. The highest BCUT2D eigenvalue weighted by Gasteiger charge is 2.47. The van der Waals surface area contributed by atoms with Gasteiger partial charge in [0.1, 0.15) is 0 Å². The van der Waals surface area contributed by atoms with E-state index < -0.39 is 69.7 Å². The Hall–Kier alpha value is -3.72. The molecule has 4 aromatic heterocycles. The first kappa shape index (κ1) is 35.6. The molecule has 8 bridgehead atoms. The Morgan fingerprint density at radius 2 is 0.521 bits per heavy atom. The predicted octanol–water partition coefficient (Wildman–Crippen LogP) is 10.5. The van der Waals surface area contributed by atoms with Crippen molar-refractivity contribution in [1.82, 2.24) is 19.9 Å². The summed E-state index contributed by atoms with van der Waals surface area (Å²) < 4.78 is 176. The van der Waals surface area contributed by atoms with Gasteiger partial charge in [-0.15, -0.1) is 0 Å². The summed E-state index contributed by atoms with van der Waals surface area (Å²) in [4.78, 5) is 10.1. The van der Waals surface area contributed by atoms with Crippen LogP contribution in [-0.2, 0) is 76.1 Å². The van der Waals surface area contributed by atoms with E-state index in [1.807, 2.05) is 0 Å². The molecular weight excluding hydrogens is 668 g/mol. The molecule has 0 spiro atoms. The van der Waals surface area contributed by atoms with Crippen LogP contribution in [0, 0.1) is 0 Å². The molecule has 0 atom stereocenters. The first-order valence-electron chi connectivity index (χ1n) is 15.4. The summed E-state index contributed by atoms with van der Waals surface area (Å²) in [7, 11) is 0. The van der Waals surface area contributed by atoms with Gasteiger partial charge < -0.3 is 19.9 Å². The van der Waals surface area contributed by atoms with Gasteiger partial charge in [-0.05, 0) is 73.6 Å². The standard InChI is InChI=1S/C32H32F12N4/c1-5-13-17-9-10-18-14(6-2)23(31(39,40)41)27(47-18)28-24(32(42,43)44)16(8-4)20(48-28)12-11-19-15(7-3)22(30(36,37)38)26(46-19)25(45-17)21(13)29(33,34)35/h45-48H,5-12H2,1-4H3. The molecule has 5 rings (SSSR count). The van der Waals surface area contributed by atoms with E-state index in [4.69, 9.17) is 0 Å². The highest BCUT2D eigenvalue weighted by molar-refractivity contribution is 5.73. The quantitative estimate of drug-likeness (QED) is 0.153. The van der Waals surface area contributed by atoms with Gasteiger partial charge in [-0.25, -0.2) is 0 Å².